The van der Waals surface area contributed by atoms with Crippen LogP contribution in [0.5, 0.6) is 0 Å². The number of rotatable bonds is 10. The van der Waals surface area contributed by atoms with Gasteiger partial charge in [0.15, 0.2) is 0 Å². The predicted molar refractivity (Wildman–Crippen MR) is 142 cm³/mol. The third-order valence-electron chi connectivity index (χ3n) is 5.46. The van der Waals surface area contributed by atoms with Gasteiger partial charge in [0.05, 0.1) is 37.9 Å². The number of hydrogen-bond acceptors (Lipinski definition) is 4. The lowest BCUT2D eigenvalue weighted by Crippen LogP contribution is -2.35. The van der Waals surface area contributed by atoms with Crippen LogP contribution in [0.25, 0.3) is 6.08 Å². The van der Waals surface area contributed by atoms with Crippen molar-refractivity contribution in [3.63, 3.8) is 0 Å². The van der Waals surface area contributed by atoms with Gasteiger partial charge in [-0.05, 0) is 42.3 Å². The second-order valence-electron chi connectivity index (χ2n) is 8.98. The largest absolute Gasteiger partial charge is 0.417 e. The number of sulfone groups is 1. The van der Waals surface area contributed by atoms with E-state index >= 15 is 0 Å². The van der Waals surface area contributed by atoms with Gasteiger partial charge in [0.1, 0.15) is 15.6 Å². The van der Waals surface area contributed by atoms with Gasteiger partial charge in [0.2, 0.25) is 0 Å². The fraction of sp³-hybridized carbons (Fsp3) is 0.360. The Labute approximate surface area is 241 Å². The number of halogens is 9. The van der Waals surface area contributed by atoms with E-state index < -0.39 is 68.3 Å². The Kier molecular flexibility index (Phi) is 11.1. The highest BCUT2D eigenvalue weighted by Crippen LogP contribution is 2.41. The van der Waals surface area contributed by atoms with Crippen LogP contribution >= 0.6 is 34.8 Å². The van der Waals surface area contributed by atoms with Crippen molar-refractivity contribution in [1.29, 1.82) is 0 Å². The fourth-order valence-electron chi connectivity index (χ4n) is 3.56. The molecule has 1 amide bonds. The summed E-state index contributed by atoms with van der Waals surface area (Å²) < 4.78 is 105. The molecule has 2 aromatic rings. The molecule has 2 aromatic carbocycles. The Bertz CT molecular complexity index is 1390. The Morgan fingerprint density at radius 3 is 2.08 bits per heavy atom. The van der Waals surface area contributed by atoms with Crippen molar-refractivity contribution in [2.45, 2.75) is 44.1 Å². The van der Waals surface area contributed by atoms with E-state index in [-0.39, 0.29) is 33.5 Å². The molecule has 5 nitrogen and oxygen atoms in total. The van der Waals surface area contributed by atoms with Gasteiger partial charge in [-0.25, -0.2) is 8.42 Å². The van der Waals surface area contributed by atoms with Crippen molar-refractivity contribution in [2.24, 2.45) is 0 Å². The van der Waals surface area contributed by atoms with E-state index in [4.69, 9.17) is 34.8 Å². The highest BCUT2D eigenvalue weighted by Gasteiger charge is 2.40. The van der Waals surface area contributed by atoms with Gasteiger partial charge in [0.25, 0.3) is 5.91 Å². The smallest absolute Gasteiger partial charge is 0.349 e. The number of allylic oxidation sites excluding steroid dienone is 1. The number of alkyl halides is 6. The number of carbonyl (C=O) groups is 2. The predicted octanol–water partition coefficient (Wildman–Crippen LogP) is 7.54. The van der Waals surface area contributed by atoms with E-state index in [9.17, 15) is 44.3 Å². The molecule has 0 fully saturated rings. The lowest BCUT2D eigenvalue weighted by molar-refractivity contribution is -0.139. The molecule has 1 N–H and O–H groups in total. The van der Waals surface area contributed by atoms with Crippen LogP contribution < -0.4 is 5.32 Å². The molecule has 220 valence electrons. The molecule has 2 atom stereocenters. The van der Waals surface area contributed by atoms with Crippen LogP contribution in [0.1, 0.15) is 52.7 Å². The normalized spacial score (nSPS) is 14.3. The lowest BCUT2D eigenvalue weighted by Gasteiger charge is -2.19. The van der Waals surface area contributed by atoms with Crippen LogP contribution in [0.15, 0.2) is 36.4 Å². The van der Waals surface area contributed by atoms with Gasteiger partial charge in [0, 0.05) is 25.1 Å². The molecule has 0 aliphatic rings. The summed E-state index contributed by atoms with van der Waals surface area (Å²) >= 11 is 17.5. The molecule has 0 spiro atoms. The number of Topliss-reactive ketones (excluding diaryl/α,β-unsaturated/α-hetero) is 1. The molecule has 0 aliphatic heterocycles. The third-order valence-corrected chi connectivity index (χ3v) is 7.60. The summed E-state index contributed by atoms with van der Waals surface area (Å²) in [6.07, 6.45) is -8.18. The average molecular weight is 653 g/mol. The highest BCUT2D eigenvalue weighted by molar-refractivity contribution is 7.90. The molecular weight excluding hydrogens is 631 g/mol. The van der Waals surface area contributed by atoms with E-state index in [0.29, 0.717) is 12.1 Å². The van der Waals surface area contributed by atoms with Crippen molar-refractivity contribution < 1.29 is 44.3 Å². The Hall–Kier alpha value is -2.28. The van der Waals surface area contributed by atoms with Crippen LogP contribution in [0.4, 0.5) is 26.3 Å². The van der Waals surface area contributed by atoms with E-state index in [0.717, 1.165) is 36.6 Å². The zero-order valence-corrected chi connectivity index (χ0v) is 23.8. The molecular formula is C25H22Cl3F6NO4S. The van der Waals surface area contributed by atoms with E-state index in [1.54, 1.807) is 0 Å². The third kappa shape index (κ3) is 9.97. The van der Waals surface area contributed by atoms with Crippen molar-refractivity contribution in [2.75, 3.05) is 12.0 Å². The summed E-state index contributed by atoms with van der Waals surface area (Å²) in [5.41, 5.74) is -2.91. The number of benzene rings is 2. The van der Waals surface area contributed by atoms with Crippen LogP contribution in [0, 0.1) is 0 Å². The van der Waals surface area contributed by atoms with Crippen LogP contribution in [0.3, 0.4) is 0 Å². The molecule has 0 aromatic heterocycles. The van der Waals surface area contributed by atoms with Crippen LogP contribution in [-0.4, -0.2) is 44.3 Å². The second kappa shape index (κ2) is 13.1. The maximum atomic E-state index is 13.8. The van der Waals surface area contributed by atoms with Gasteiger partial charge in [-0.2, -0.15) is 26.3 Å². The van der Waals surface area contributed by atoms with Gasteiger partial charge in [-0.1, -0.05) is 53.0 Å². The van der Waals surface area contributed by atoms with Gasteiger partial charge in [-0.3, -0.25) is 9.59 Å². The molecule has 0 aliphatic carbocycles. The summed E-state index contributed by atoms with van der Waals surface area (Å²) in [7, 11) is -3.41. The van der Waals surface area contributed by atoms with Crippen molar-refractivity contribution in [3.05, 3.63) is 73.7 Å². The topological polar surface area (TPSA) is 80.3 Å². The first-order valence-electron chi connectivity index (χ1n) is 11.3. The monoisotopic (exact) mass is 651 g/mol. The minimum Gasteiger partial charge on any atom is -0.349 e. The number of hydrogen-bond donors (Lipinski definition) is 1. The maximum Gasteiger partial charge on any atom is 0.417 e. The summed E-state index contributed by atoms with van der Waals surface area (Å²) in [4.78, 5) is 24.5. The summed E-state index contributed by atoms with van der Waals surface area (Å²) in [5.74, 6) is -4.40. The molecule has 0 saturated heterocycles. The second-order valence-corrected chi connectivity index (χ2v) is 12.4. The standard InChI is InChI=1S/C25H22Cl3F6NO4S/c1-13(9-16(36)7-8-40(2,38)39)35-23(37)17-5-3-14(10-19(17)25(32,33)34)4-6-18(24(29,30)31)15-11-20(26)22(28)21(27)12-15/h3-6,10-13,18H,7-9H2,1-2H3,(H,35,37)/b6-4+/t13-,18?/m1/s1. The molecule has 0 radical (unpaired) electrons. The Balaban J connectivity index is 2.33. The van der Waals surface area contributed by atoms with Gasteiger partial charge >= 0.3 is 12.4 Å². The number of amides is 1. The average Bonchev–Trinajstić information content (AvgIpc) is 2.79. The first-order chi connectivity index (χ1) is 18.2. The molecule has 2 rings (SSSR count). The first kappa shape index (κ1) is 33.9. The zero-order valence-electron chi connectivity index (χ0n) is 20.8. The SMILES string of the molecule is C[C@H](CC(=O)CCS(C)(=O)=O)NC(=O)c1ccc(/C=C/C(c2cc(Cl)c(Cl)c(Cl)c2)C(F)(F)F)cc1C(F)(F)F. The van der Waals surface area contributed by atoms with Gasteiger partial charge in [-0.15, -0.1) is 0 Å². The Morgan fingerprint density at radius 2 is 1.57 bits per heavy atom. The molecule has 0 bridgehead atoms. The highest BCUT2D eigenvalue weighted by atomic mass is 35.5. The number of ketones is 1. The quantitative estimate of drug-likeness (QED) is 0.213. The van der Waals surface area contributed by atoms with Crippen molar-refractivity contribution in [1.82, 2.24) is 5.32 Å². The number of carbonyl (C=O) groups excluding carboxylic acids is 2. The van der Waals surface area contributed by atoms with Crippen LogP contribution in [0.2, 0.25) is 15.1 Å². The molecule has 15 heteroatoms. The van der Waals surface area contributed by atoms with E-state index in [1.807, 2.05) is 0 Å². The van der Waals surface area contributed by atoms with E-state index in [2.05, 4.69) is 5.32 Å². The minimum absolute atomic E-state index is 0.159. The lowest BCUT2D eigenvalue weighted by atomic mass is 9.96. The summed E-state index contributed by atoms with van der Waals surface area (Å²) in [6.45, 7) is 1.35. The van der Waals surface area contributed by atoms with E-state index in [1.165, 1.54) is 6.92 Å². The summed E-state index contributed by atoms with van der Waals surface area (Å²) in [6, 6.07) is 3.31. The van der Waals surface area contributed by atoms with Crippen molar-refractivity contribution in [3.8, 4) is 0 Å². The first-order valence-corrected chi connectivity index (χ1v) is 14.5. The van der Waals surface area contributed by atoms with Crippen LogP contribution in [-0.2, 0) is 20.8 Å². The zero-order chi connectivity index (χ0) is 30.6. The van der Waals surface area contributed by atoms with Crippen molar-refractivity contribution >= 4 is 62.4 Å². The summed E-state index contributed by atoms with van der Waals surface area (Å²) in [5, 5.41) is 1.61. The Morgan fingerprint density at radius 1 is 1.00 bits per heavy atom. The fourth-order valence-corrected chi connectivity index (χ4v) is 4.78. The molecule has 0 saturated carbocycles. The molecule has 1 unspecified atom stereocenters. The maximum absolute atomic E-state index is 13.8. The number of nitrogens with one attached hydrogen (secondary N) is 1. The molecule has 40 heavy (non-hydrogen) atoms. The molecule has 0 heterocycles. The minimum atomic E-state index is -5.05. The van der Waals surface area contributed by atoms with Gasteiger partial charge < -0.3 is 5.32 Å².